The number of likely N-dealkylation sites (tertiary alicyclic amines) is 1. The van der Waals surface area contributed by atoms with E-state index in [0.717, 1.165) is 24.7 Å². The highest BCUT2D eigenvalue weighted by molar-refractivity contribution is 7.89. The zero-order valence-corrected chi connectivity index (χ0v) is 13.8. The Morgan fingerprint density at radius 1 is 1.22 bits per heavy atom. The third-order valence-electron chi connectivity index (χ3n) is 3.97. The summed E-state index contributed by atoms with van der Waals surface area (Å²) in [6.45, 7) is 0.681. The van der Waals surface area contributed by atoms with Crippen LogP contribution in [-0.4, -0.2) is 32.0 Å². The maximum atomic E-state index is 12.7. The van der Waals surface area contributed by atoms with Gasteiger partial charge in [0.05, 0.1) is 6.04 Å². The number of rotatable bonds is 4. The summed E-state index contributed by atoms with van der Waals surface area (Å²) in [4.78, 5) is 14.5. The van der Waals surface area contributed by atoms with Crippen molar-refractivity contribution in [1.82, 2.24) is 4.90 Å². The topological polar surface area (TPSA) is 67.6 Å². The van der Waals surface area contributed by atoms with Crippen molar-refractivity contribution in [3.63, 3.8) is 0 Å². The summed E-state index contributed by atoms with van der Waals surface area (Å²) in [5.74, 6) is 0.122. The van der Waals surface area contributed by atoms with Gasteiger partial charge in [0.25, 0.3) is 5.91 Å². The molecule has 1 aliphatic heterocycles. The predicted molar refractivity (Wildman–Crippen MR) is 86.7 cm³/mol. The van der Waals surface area contributed by atoms with Gasteiger partial charge in [0.1, 0.15) is 11.5 Å². The molecule has 1 amide bonds. The van der Waals surface area contributed by atoms with Crippen molar-refractivity contribution in [2.75, 3.05) is 12.8 Å². The Morgan fingerprint density at radius 3 is 2.65 bits per heavy atom. The van der Waals surface area contributed by atoms with Crippen LogP contribution in [0.25, 0.3) is 0 Å². The lowest BCUT2D eigenvalue weighted by molar-refractivity contribution is 0.0701. The van der Waals surface area contributed by atoms with E-state index in [4.69, 9.17) is 4.42 Å². The molecule has 1 fully saturated rings. The molecule has 0 unspecified atom stereocenters. The van der Waals surface area contributed by atoms with Gasteiger partial charge in [-0.05, 0) is 30.5 Å². The van der Waals surface area contributed by atoms with Crippen molar-refractivity contribution in [2.45, 2.75) is 24.6 Å². The number of hydrogen-bond acceptors (Lipinski definition) is 4. The predicted octanol–water partition coefficient (Wildman–Crippen LogP) is 2.80. The smallest absolute Gasteiger partial charge is 0.290 e. The van der Waals surface area contributed by atoms with Gasteiger partial charge in [-0.3, -0.25) is 4.79 Å². The van der Waals surface area contributed by atoms with Gasteiger partial charge < -0.3 is 9.32 Å². The Labute approximate surface area is 135 Å². The monoisotopic (exact) mass is 333 g/mol. The van der Waals surface area contributed by atoms with Crippen LogP contribution < -0.4 is 0 Å². The van der Waals surface area contributed by atoms with Gasteiger partial charge in [0.15, 0.2) is 15.6 Å². The van der Waals surface area contributed by atoms with E-state index in [9.17, 15) is 13.2 Å². The average molecular weight is 333 g/mol. The summed E-state index contributed by atoms with van der Waals surface area (Å²) in [5, 5.41) is 0. The Hall–Kier alpha value is -2.08. The first-order valence-electron chi connectivity index (χ1n) is 7.56. The van der Waals surface area contributed by atoms with Gasteiger partial charge >= 0.3 is 0 Å². The van der Waals surface area contributed by atoms with Crippen LogP contribution in [-0.2, 0) is 15.6 Å². The Bertz CT molecular complexity index is 795. The summed E-state index contributed by atoms with van der Waals surface area (Å²) in [6.07, 6.45) is 3.01. The van der Waals surface area contributed by atoms with Crippen LogP contribution in [0, 0.1) is 0 Å². The zero-order valence-electron chi connectivity index (χ0n) is 12.9. The van der Waals surface area contributed by atoms with Crippen molar-refractivity contribution in [2.24, 2.45) is 0 Å². The SMILES string of the molecule is CS(=O)(=O)Cc1ccc(C(=O)N2CCC[C@@H]2c2ccccc2)o1. The standard InChI is InChI=1S/C17H19NO4S/c1-23(20,21)12-14-9-10-16(22-14)17(19)18-11-5-8-15(18)13-6-3-2-4-7-13/h2-4,6-7,9-10,15H,5,8,11-12H2,1H3/t15-/m1/s1. The molecule has 0 spiro atoms. The molecule has 1 saturated heterocycles. The first-order valence-corrected chi connectivity index (χ1v) is 9.62. The highest BCUT2D eigenvalue weighted by Crippen LogP contribution is 2.33. The number of carbonyl (C=O) groups excluding carboxylic acids is 1. The van der Waals surface area contributed by atoms with Gasteiger partial charge in [-0.1, -0.05) is 30.3 Å². The van der Waals surface area contributed by atoms with E-state index in [-0.39, 0.29) is 23.5 Å². The number of amides is 1. The van der Waals surface area contributed by atoms with Crippen LogP contribution in [0.15, 0.2) is 46.9 Å². The first-order chi connectivity index (χ1) is 10.9. The number of nitrogens with zero attached hydrogens (tertiary/aromatic N) is 1. The van der Waals surface area contributed by atoms with Crippen LogP contribution in [0.4, 0.5) is 0 Å². The molecule has 2 heterocycles. The molecule has 6 heteroatoms. The molecule has 5 nitrogen and oxygen atoms in total. The minimum Gasteiger partial charge on any atom is -0.455 e. The molecular formula is C17H19NO4S. The fourth-order valence-corrected chi connectivity index (χ4v) is 3.67. The van der Waals surface area contributed by atoms with Crippen LogP contribution >= 0.6 is 0 Å². The van der Waals surface area contributed by atoms with Gasteiger partial charge in [0.2, 0.25) is 0 Å². The molecule has 1 atom stereocenters. The third-order valence-corrected chi connectivity index (χ3v) is 4.78. The van der Waals surface area contributed by atoms with Crippen molar-refractivity contribution in [3.05, 3.63) is 59.5 Å². The number of furan rings is 1. The van der Waals surface area contributed by atoms with E-state index < -0.39 is 9.84 Å². The maximum Gasteiger partial charge on any atom is 0.290 e. The summed E-state index contributed by atoms with van der Waals surface area (Å²) in [7, 11) is -3.18. The van der Waals surface area contributed by atoms with Crippen molar-refractivity contribution in [1.29, 1.82) is 0 Å². The molecular weight excluding hydrogens is 314 g/mol. The molecule has 0 aliphatic carbocycles. The Kier molecular flexibility index (Phi) is 4.26. The highest BCUT2D eigenvalue weighted by atomic mass is 32.2. The number of sulfone groups is 1. The minimum absolute atomic E-state index is 0.0483. The fraction of sp³-hybridized carbons (Fsp3) is 0.353. The molecule has 0 bridgehead atoms. The van der Waals surface area contributed by atoms with Crippen molar-refractivity contribution < 1.29 is 17.6 Å². The van der Waals surface area contributed by atoms with Crippen LogP contribution in [0.1, 0.15) is 40.8 Å². The van der Waals surface area contributed by atoms with E-state index in [1.807, 2.05) is 30.3 Å². The van der Waals surface area contributed by atoms with E-state index in [1.54, 1.807) is 17.0 Å². The lowest BCUT2D eigenvalue weighted by atomic mass is 10.0. The maximum absolute atomic E-state index is 12.7. The molecule has 1 aromatic heterocycles. The second-order valence-electron chi connectivity index (χ2n) is 5.90. The highest BCUT2D eigenvalue weighted by Gasteiger charge is 2.32. The zero-order chi connectivity index (χ0) is 16.4. The number of carbonyl (C=O) groups is 1. The largest absolute Gasteiger partial charge is 0.455 e. The second kappa shape index (κ2) is 6.20. The lowest BCUT2D eigenvalue weighted by Gasteiger charge is -2.24. The lowest BCUT2D eigenvalue weighted by Crippen LogP contribution is -2.30. The number of benzene rings is 1. The molecule has 3 rings (SSSR count). The average Bonchev–Trinajstić information content (AvgIpc) is 3.15. The van der Waals surface area contributed by atoms with E-state index in [0.29, 0.717) is 12.3 Å². The van der Waals surface area contributed by atoms with Gasteiger partial charge in [-0.2, -0.15) is 0 Å². The van der Waals surface area contributed by atoms with E-state index >= 15 is 0 Å². The molecule has 0 saturated carbocycles. The van der Waals surface area contributed by atoms with E-state index in [2.05, 4.69) is 0 Å². The normalized spacial score (nSPS) is 18.3. The molecule has 1 aromatic carbocycles. The van der Waals surface area contributed by atoms with E-state index in [1.165, 1.54) is 0 Å². The fourth-order valence-electron chi connectivity index (χ4n) is 3.00. The molecule has 23 heavy (non-hydrogen) atoms. The molecule has 0 radical (unpaired) electrons. The van der Waals surface area contributed by atoms with Gasteiger partial charge in [-0.25, -0.2) is 8.42 Å². The van der Waals surface area contributed by atoms with Crippen molar-refractivity contribution >= 4 is 15.7 Å². The molecule has 122 valence electrons. The Morgan fingerprint density at radius 2 is 1.96 bits per heavy atom. The van der Waals surface area contributed by atoms with Crippen molar-refractivity contribution in [3.8, 4) is 0 Å². The van der Waals surface area contributed by atoms with Crippen LogP contribution in [0.5, 0.6) is 0 Å². The molecule has 0 N–H and O–H groups in total. The minimum atomic E-state index is -3.18. The summed E-state index contributed by atoms with van der Waals surface area (Å²) in [5.41, 5.74) is 1.11. The quantitative estimate of drug-likeness (QED) is 0.863. The third kappa shape index (κ3) is 3.64. The number of hydrogen-bond donors (Lipinski definition) is 0. The van der Waals surface area contributed by atoms with Gasteiger partial charge in [-0.15, -0.1) is 0 Å². The van der Waals surface area contributed by atoms with Crippen LogP contribution in [0.2, 0.25) is 0 Å². The first kappa shape index (κ1) is 15.8. The molecule has 2 aromatic rings. The summed E-state index contributed by atoms with van der Waals surface area (Å²) in [6, 6.07) is 13.1. The summed E-state index contributed by atoms with van der Waals surface area (Å²) >= 11 is 0. The van der Waals surface area contributed by atoms with Gasteiger partial charge in [0, 0.05) is 12.8 Å². The Balaban J connectivity index is 1.80. The van der Waals surface area contributed by atoms with Crippen LogP contribution in [0.3, 0.4) is 0 Å². The molecule has 1 aliphatic rings. The second-order valence-corrected chi connectivity index (χ2v) is 8.04. The summed E-state index contributed by atoms with van der Waals surface area (Å²) < 4.78 is 28.1.